The Labute approximate surface area is 163 Å². The molecular weight excluding hydrogens is 340 g/mol. The zero-order valence-corrected chi connectivity index (χ0v) is 17.0. The highest BCUT2D eigenvalue weighted by atomic mass is 16.5. The van der Waals surface area contributed by atoms with E-state index in [1.807, 2.05) is 18.2 Å². The van der Waals surface area contributed by atoms with E-state index in [-0.39, 0.29) is 11.8 Å². The van der Waals surface area contributed by atoms with E-state index in [0.29, 0.717) is 19.1 Å². The lowest BCUT2D eigenvalue weighted by molar-refractivity contribution is -0.126. The van der Waals surface area contributed by atoms with Crippen LogP contribution in [0.5, 0.6) is 11.5 Å². The van der Waals surface area contributed by atoms with Gasteiger partial charge in [-0.25, -0.2) is 0 Å². The minimum absolute atomic E-state index is 0.223. The molecule has 5 heteroatoms. The predicted octanol–water partition coefficient (Wildman–Crippen LogP) is 3.47. The Morgan fingerprint density at radius 3 is 2.63 bits per heavy atom. The molecule has 0 radical (unpaired) electrons. The van der Waals surface area contributed by atoms with E-state index in [4.69, 9.17) is 9.47 Å². The van der Waals surface area contributed by atoms with Crippen molar-refractivity contribution in [3.63, 3.8) is 0 Å². The first kappa shape index (κ1) is 20.0. The van der Waals surface area contributed by atoms with Crippen LogP contribution in [0.3, 0.4) is 0 Å². The van der Waals surface area contributed by atoms with Gasteiger partial charge in [-0.15, -0.1) is 0 Å². The molecule has 5 nitrogen and oxygen atoms in total. The predicted molar refractivity (Wildman–Crippen MR) is 107 cm³/mol. The highest BCUT2D eigenvalue weighted by molar-refractivity contribution is 5.79. The van der Waals surface area contributed by atoms with Crippen LogP contribution in [-0.2, 0) is 11.3 Å². The second kappa shape index (κ2) is 9.45. The maximum atomic E-state index is 12.5. The molecule has 1 aromatic rings. The van der Waals surface area contributed by atoms with E-state index in [1.165, 1.54) is 19.3 Å². The molecule has 2 fully saturated rings. The minimum atomic E-state index is 0.223. The number of benzene rings is 1. The summed E-state index contributed by atoms with van der Waals surface area (Å²) in [5.41, 5.74) is 1.04. The standard InChI is InChI=1S/C22H34N2O3/c1-4-24(5-2)10-11-27-20-9-7-17(14-21(20)26-3)15-23-22(25)19-13-16-6-8-18(19)12-16/h7,9,14,16,18-19H,4-6,8,10-13,15H2,1-3H3,(H,23,25). The van der Waals surface area contributed by atoms with Crippen LogP contribution < -0.4 is 14.8 Å². The van der Waals surface area contributed by atoms with Gasteiger partial charge in [0.2, 0.25) is 5.91 Å². The number of amides is 1. The summed E-state index contributed by atoms with van der Waals surface area (Å²) in [7, 11) is 1.66. The summed E-state index contributed by atoms with van der Waals surface area (Å²) in [6.07, 6.45) is 4.89. The van der Waals surface area contributed by atoms with Gasteiger partial charge in [0.15, 0.2) is 11.5 Å². The van der Waals surface area contributed by atoms with Gasteiger partial charge in [-0.2, -0.15) is 0 Å². The Morgan fingerprint density at radius 2 is 2.00 bits per heavy atom. The third kappa shape index (κ3) is 4.95. The van der Waals surface area contributed by atoms with Gasteiger partial charge in [0.25, 0.3) is 0 Å². The van der Waals surface area contributed by atoms with Crippen molar-refractivity contribution in [1.29, 1.82) is 0 Å². The van der Waals surface area contributed by atoms with Gasteiger partial charge in [0.05, 0.1) is 7.11 Å². The molecule has 0 aromatic heterocycles. The van der Waals surface area contributed by atoms with Crippen LogP contribution in [0.15, 0.2) is 18.2 Å². The van der Waals surface area contributed by atoms with Crippen molar-refractivity contribution in [2.45, 2.75) is 46.1 Å². The van der Waals surface area contributed by atoms with Crippen molar-refractivity contribution >= 4 is 5.91 Å². The van der Waals surface area contributed by atoms with Crippen LogP contribution in [0.2, 0.25) is 0 Å². The van der Waals surface area contributed by atoms with Crippen molar-refractivity contribution in [1.82, 2.24) is 10.2 Å². The van der Waals surface area contributed by atoms with Crippen LogP contribution in [0.25, 0.3) is 0 Å². The van der Waals surface area contributed by atoms with Gasteiger partial charge in [-0.3, -0.25) is 4.79 Å². The lowest BCUT2D eigenvalue weighted by Gasteiger charge is -2.21. The molecule has 2 saturated carbocycles. The Morgan fingerprint density at radius 1 is 1.19 bits per heavy atom. The summed E-state index contributed by atoms with van der Waals surface area (Å²) in [5.74, 6) is 3.34. The number of hydrogen-bond donors (Lipinski definition) is 1. The first-order chi connectivity index (χ1) is 13.1. The smallest absolute Gasteiger partial charge is 0.223 e. The average Bonchev–Trinajstić information content (AvgIpc) is 3.33. The summed E-state index contributed by atoms with van der Waals surface area (Å²) in [5, 5.41) is 3.13. The fourth-order valence-corrected chi connectivity index (χ4v) is 4.65. The van der Waals surface area contributed by atoms with Crippen LogP contribution in [-0.4, -0.2) is 44.2 Å². The summed E-state index contributed by atoms with van der Waals surface area (Å²) in [6.45, 7) is 8.45. The molecule has 1 aromatic carbocycles. The molecule has 2 aliphatic carbocycles. The molecule has 0 saturated heterocycles. The van der Waals surface area contributed by atoms with Gasteiger partial charge in [-0.05, 0) is 61.9 Å². The van der Waals surface area contributed by atoms with Crippen molar-refractivity contribution in [3.8, 4) is 11.5 Å². The first-order valence-corrected chi connectivity index (χ1v) is 10.4. The fraction of sp³-hybridized carbons (Fsp3) is 0.682. The molecule has 150 valence electrons. The number of ether oxygens (including phenoxy) is 2. The van der Waals surface area contributed by atoms with E-state index in [1.54, 1.807) is 7.11 Å². The number of nitrogens with zero attached hydrogens (tertiary/aromatic N) is 1. The number of nitrogens with one attached hydrogen (secondary N) is 1. The Bertz CT molecular complexity index is 630. The van der Waals surface area contributed by atoms with Crippen molar-refractivity contribution < 1.29 is 14.3 Å². The first-order valence-electron chi connectivity index (χ1n) is 10.4. The molecule has 3 rings (SSSR count). The van der Waals surface area contributed by atoms with Gasteiger partial charge in [-0.1, -0.05) is 26.3 Å². The summed E-state index contributed by atoms with van der Waals surface area (Å²) < 4.78 is 11.4. The third-order valence-electron chi connectivity index (χ3n) is 6.33. The number of hydrogen-bond acceptors (Lipinski definition) is 4. The summed E-state index contributed by atoms with van der Waals surface area (Å²) in [4.78, 5) is 14.8. The van der Waals surface area contributed by atoms with E-state index in [0.717, 1.165) is 49.0 Å². The SMILES string of the molecule is CCN(CC)CCOc1ccc(CNC(=O)C2CC3CCC2C3)cc1OC. The maximum Gasteiger partial charge on any atom is 0.223 e. The molecule has 3 unspecified atom stereocenters. The monoisotopic (exact) mass is 374 g/mol. The van der Waals surface area contributed by atoms with Crippen molar-refractivity contribution in [2.75, 3.05) is 33.4 Å². The molecule has 3 atom stereocenters. The van der Waals surface area contributed by atoms with Crippen molar-refractivity contribution in [2.24, 2.45) is 17.8 Å². The fourth-order valence-electron chi connectivity index (χ4n) is 4.65. The highest BCUT2D eigenvalue weighted by Gasteiger charge is 2.42. The van der Waals surface area contributed by atoms with Crippen LogP contribution >= 0.6 is 0 Å². The summed E-state index contributed by atoms with van der Waals surface area (Å²) >= 11 is 0. The number of likely N-dealkylation sites (N-methyl/N-ethyl adjacent to an activating group) is 1. The number of carbonyl (C=O) groups is 1. The molecule has 27 heavy (non-hydrogen) atoms. The molecule has 0 spiro atoms. The Kier molecular flexibility index (Phi) is 7.00. The molecule has 1 N–H and O–H groups in total. The van der Waals surface area contributed by atoms with Gasteiger partial charge in [0.1, 0.15) is 6.61 Å². The Hall–Kier alpha value is -1.75. The molecule has 0 aliphatic heterocycles. The lowest BCUT2D eigenvalue weighted by Crippen LogP contribution is -2.33. The normalized spacial score (nSPS) is 23.6. The molecule has 2 bridgehead atoms. The summed E-state index contributed by atoms with van der Waals surface area (Å²) in [6, 6.07) is 5.92. The van der Waals surface area contributed by atoms with Crippen LogP contribution in [0.4, 0.5) is 0 Å². The number of carbonyl (C=O) groups excluding carboxylic acids is 1. The van der Waals surface area contributed by atoms with Gasteiger partial charge < -0.3 is 19.7 Å². The van der Waals surface area contributed by atoms with E-state index in [2.05, 4.69) is 24.1 Å². The zero-order valence-electron chi connectivity index (χ0n) is 17.0. The largest absolute Gasteiger partial charge is 0.493 e. The average molecular weight is 375 g/mol. The topological polar surface area (TPSA) is 50.8 Å². The number of methoxy groups -OCH3 is 1. The van der Waals surface area contributed by atoms with E-state index < -0.39 is 0 Å². The Balaban J connectivity index is 1.50. The molecule has 1 amide bonds. The van der Waals surface area contributed by atoms with E-state index in [9.17, 15) is 4.79 Å². The number of fused-ring (bicyclic) bond motifs is 2. The van der Waals surface area contributed by atoms with Crippen molar-refractivity contribution in [3.05, 3.63) is 23.8 Å². The lowest BCUT2D eigenvalue weighted by atomic mass is 9.88. The third-order valence-corrected chi connectivity index (χ3v) is 6.33. The number of rotatable bonds is 10. The molecule has 0 heterocycles. The maximum absolute atomic E-state index is 12.5. The second-order valence-corrected chi connectivity index (χ2v) is 7.86. The quantitative estimate of drug-likeness (QED) is 0.681. The molecule has 2 aliphatic rings. The second-order valence-electron chi connectivity index (χ2n) is 7.86. The van der Waals surface area contributed by atoms with Gasteiger partial charge >= 0.3 is 0 Å². The minimum Gasteiger partial charge on any atom is -0.493 e. The van der Waals surface area contributed by atoms with Gasteiger partial charge in [0, 0.05) is 19.0 Å². The van der Waals surface area contributed by atoms with Crippen LogP contribution in [0, 0.1) is 17.8 Å². The van der Waals surface area contributed by atoms with E-state index >= 15 is 0 Å². The zero-order chi connectivity index (χ0) is 19.2. The molecular formula is C22H34N2O3. The highest BCUT2D eigenvalue weighted by Crippen LogP contribution is 2.48. The van der Waals surface area contributed by atoms with Crippen LogP contribution in [0.1, 0.15) is 45.1 Å².